The number of amidine groups is 1. The Hall–Kier alpha value is -2.60. The molecule has 0 atom stereocenters. The van der Waals surface area contributed by atoms with Gasteiger partial charge in [0.1, 0.15) is 11.6 Å². The summed E-state index contributed by atoms with van der Waals surface area (Å²) in [4.78, 5) is 4.37. The van der Waals surface area contributed by atoms with Crippen molar-refractivity contribution < 1.29 is 9.13 Å². The van der Waals surface area contributed by atoms with Gasteiger partial charge in [0.25, 0.3) is 0 Å². The molecule has 3 rings (SSSR count). The van der Waals surface area contributed by atoms with E-state index >= 15 is 0 Å². The minimum absolute atomic E-state index is 0.276. The van der Waals surface area contributed by atoms with Crippen LogP contribution >= 0.6 is 0 Å². The first-order chi connectivity index (χ1) is 12.2. The van der Waals surface area contributed by atoms with Gasteiger partial charge in [-0.1, -0.05) is 24.3 Å². The van der Waals surface area contributed by atoms with Gasteiger partial charge in [0.15, 0.2) is 5.84 Å². The average molecular weight is 342 g/mol. The van der Waals surface area contributed by atoms with Crippen LogP contribution in [0.3, 0.4) is 0 Å². The number of rotatable bonds is 4. The average Bonchev–Trinajstić information content (AvgIpc) is 2.65. The first kappa shape index (κ1) is 17.2. The van der Waals surface area contributed by atoms with Gasteiger partial charge in [0.2, 0.25) is 0 Å². The fraction of sp³-hybridized carbons (Fsp3) is 0.316. The second-order valence-electron chi connectivity index (χ2n) is 6.02. The van der Waals surface area contributed by atoms with E-state index in [0.29, 0.717) is 17.1 Å². The zero-order valence-corrected chi connectivity index (χ0v) is 14.6. The molecule has 1 fully saturated rings. The molecule has 5 nitrogen and oxygen atoms in total. The molecule has 132 valence electrons. The van der Waals surface area contributed by atoms with Crippen LogP contribution < -0.4 is 10.2 Å². The fourth-order valence-electron chi connectivity index (χ4n) is 2.81. The highest BCUT2D eigenvalue weighted by Crippen LogP contribution is 2.23. The lowest BCUT2D eigenvalue weighted by Gasteiger charge is -2.34. The van der Waals surface area contributed by atoms with E-state index in [1.807, 2.05) is 30.3 Å². The lowest BCUT2D eigenvalue weighted by molar-refractivity contribution is 0.215. The van der Waals surface area contributed by atoms with Crippen LogP contribution in [-0.2, 0) is 0 Å². The molecule has 2 aromatic carbocycles. The van der Waals surface area contributed by atoms with Gasteiger partial charge in [-0.15, -0.1) is 0 Å². The van der Waals surface area contributed by atoms with Crippen LogP contribution in [0.2, 0.25) is 0 Å². The summed E-state index contributed by atoms with van der Waals surface area (Å²) in [6, 6.07) is 14.3. The van der Waals surface area contributed by atoms with Gasteiger partial charge in [0.05, 0.1) is 18.4 Å². The van der Waals surface area contributed by atoms with Gasteiger partial charge < -0.3 is 14.5 Å². The molecule has 1 aliphatic heterocycles. The molecule has 0 unspecified atom stereocenters. The molecule has 1 heterocycles. The van der Waals surface area contributed by atoms with Gasteiger partial charge in [0, 0.05) is 26.2 Å². The summed E-state index contributed by atoms with van der Waals surface area (Å²) in [6.45, 7) is 3.44. The topological polar surface area (TPSA) is 40.1 Å². The van der Waals surface area contributed by atoms with Crippen molar-refractivity contribution in [1.29, 1.82) is 0 Å². The quantitative estimate of drug-likeness (QED) is 0.527. The number of para-hydroxylation sites is 2. The molecule has 1 aliphatic rings. The second-order valence-corrected chi connectivity index (χ2v) is 6.02. The summed E-state index contributed by atoms with van der Waals surface area (Å²) in [5.41, 5.74) is 4.28. The van der Waals surface area contributed by atoms with Gasteiger partial charge in [-0.2, -0.15) is 5.10 Å². The van der Waals surface area contributed by atoms with E-state index < -0.39 is 0 Å². The molecule has 2 aromatic rings. The number of hydrazone groups is 1. The summed E-state index contributed by atoms with van der Waals surface area (Å²) in [6.07, 6.45) is 0. The number of hydrogen-bond acceptors (Lipinski definition) is 4. The first-order valence-corrected chi connectivity index (χ1v) is 8.34. The van der Waals surface area contributed by atoms with Crippen molar-refractivity contribution in [3.63, 3.8) is 0 Å². The van der Waals surface area contributed by atoms with Crippen molar-refractivity contribution in [2.75, 3.05) is 45.8 Å². The number of piperazine rings is 1. The maximum absolute atomic E-state index is 14.4. The van der Waals surface area contributed by atoms with Gasteiger partial charge >= 0.3 is 0 Å². The van der Waals surface area contributed by atoms with E-state index in [2.05, 4.69) is 27.4 Å². The summed E-state index contributed by atoms with van der Waals surface area (Å²) >= 11 is 0. The smallest absolute Gasteiger partial charge is 0.159 e. The lowest BCUT2D eigenvalue weighted by Crippen LogP contribution is -2.47. The van der Waals surface area contributed by atoms with Crippen molar-refractivity contribution in [3.8, 4) is 5.75 Å². The largest absolute Gasteiger partial charge is 0.495 e. The molecule has 0 spiro atoms. The molecule has 0 saturated carbocycles. The Labute approximate surface area is 147 Å². The maximum atomic E-state index is 14.4. The van der Waals surface area contributed by atoms with Crippen molar-refractivity contribution >= 4 is 11.5 Å². The third-order valence-electron chi connectivity index (χ3n) is 4.31. The Balaban J connectivity index is 1.92. The van der Waals surface area contributed by atoms with E-state index in [-0.39, 0.29) is 5.82 Å². The Morgan fingerprint density at radius 2 is 1.72 bits per heavy atom. The number of methoxy groups -OCH3 is 1. The maximum Gasteiger partial charge on any atom is 0.159 e. The van der Waals surface area contributed by atoms with Gasteiger partial charge in [-0.3, -0.25) is 5.43 Å². The molecule has 0 aliphatic carbocycles. The predicted octanol–water partition coefficient (Wildman–Crippen LogP) is 2.86. The number of nitrogens with zero attached hydrogens (tertiary/aromatic N) is 3. The minimum atomic E-state index is -0.276. The van der Waals surface area contributed by atoms with Crippen LogP contribution in [0, 0.1) is 5.82 Å². The Bertz CT molecular complexity index is 742. The van der Waals surface area contributed by atoms with Gasteiger partial charge in [-0.25, -0.2) is 4.39 Å². The third kappa shape index (κ3) is 4.09. The number of benzene rings is 2. The molecular weight excluding hydrogens is 319 g/mol. The Morgan fingerprint density at radius 3 is 2.44 bits per heavy atom. The molecule has 0 amide bonds. The van der Waals surface area contributed by atoms with Crippen molar-refractivity contribution in [2.24, 2.45) is 5.10 Å². The highest BCUT2D eigenvalue weighted by Gasteiger charge is 2.21. The summed E-state index contributed by atoms with van der Waals surface area (Å²) in [5, 5.41) is 4.54. The predicted molar refractivity (Wildman–Crippen MR) is 98.6 cm³/mol. The van der Waals surface area contributed by atoms with E-state index in [4.69, 9.17) is 4.74 Å². The SMILES string of the molecule is COc1ccccc1N/N=C(\c1ccccc1F)N1CCN(C)CC1. The number of halogens is 1. The zero-order chi connectivity index (χ0) is 17.6. The Kier molecular flexibility index (Phi) is 5.50. The highest BCUT2D eigenvalue weighted by atomic mass is 19.1. The molecule has 25 heavy (non-hydrogen) atoms. The van der Waals surface area contributed by atoms with Crippen LogP contribution in [0.15, 0.2) is 53.6 Å². The monoisotopic (exact) mass is 342 g/mol. The first-order valence-electron chi connectivity index (χ1n) is 8.34. The minimum Gasteiger partial charge on any atom is -0.495 e. The normalized spacial score (nSPS) is 16.0. The molecule has 1 N–H and O–H groups in total. The molecule has 0 radical (unpaired) electrons. The number of hydrogen-bond donors (Lipinski definition) is 1. The molecule has 1 saturated heterocycles. The Morgan fingerprint density at radius 1 is 1.04 bits per heavy atom. The summed E-state index contributed by atoms with van der Waals surface area (Å²) in [7, 11) is 3.70. The number of ether oxygens (including phenoxy) is 1. The molecular formula is C19H23FN4O. The zero-order valence-electron chi connectivity index (χ0n) is 14.6. The molecule has 0 bridgehead atoms. The van der Waals surface area contributed by atoms with E-state index in [0.717, 1.165) is 31.9 Å². The lowest BCUT2D eigenvalue weighted by atomic mass is 10.1. The van der Waals surface area contributed by atoms with Crippen LogP contribution in [-0.4, -0.2) is 56.0 Å². The van der Waals surface area contributed by atoms with E-state index in [1.165, 1.54) is 6.07 Å². The van der Waals surface area contributed by atoms with Crippen LogP contribution in [0.1, 0.15) is 5.56 Å². The van der Waals surface area contributed by atoms with Crippen molar-refractivity contribution in [2.45, 2.75) is 0 Å². The van der Waals surface area contributed by atoms with Gasteiger partial charge in [-0.05, 0) is 31.3 Å². The van der Waals surface area contributed by atoms with E-state index in [1.54, 1.807) is 19.2 Å². The standard InChI is InChI=1S/C19H23FN4O/c1-23-11-13-24(14-12-23)19(15-7-3-4-8-16(15)20)22-21-17-9-5-6-10-18(17)25-2/h3-10,21H,11-14H2,1-2H3/b22-19+. The van der Waals surface area contributed by atoms with Crippen LogP contribution in [0.25, 0.3) is 0 Å². The highest BCUT2D eigenvalue weighted by molar-refractivity contribution is 5.99. The summed E-state index contributed by atoms with van der Waals surface area (Å²) < 4.78 is 19.7. The second kappa shape index (κ2) is 7.98. The molecule has 6 heteroatoms. The summed E-state index contributed by atoms with van der Waals surface area (Å²) in [5.74, 6) is 1.02. The van der Waals surface area contributed by atoms with Crippen molar-refractivity contribution in [1.82, 2.24) is 9.80 Å². The number of likely N-dealkylation sites (N-methyl/N-ethyl adjacent to an activating group) is 1. The third-order valence-corrected chi connectivity index (χ3v) is 4.31. The van der Waals surface area contributed by atoms with Crippen LogP contribution in [0.4, 0.5) is 10.1 Å². The van der Waals surface area contributed by atoms with Crippen molar-refractivity contribution in [3.05, 3.63) is 59.9 Å². The number of nitrogens with one attached hydrogen (secondary N) is 1. The van der Waals surface area contributed by atoms with E-state index in [9.17, 15) is 4.39 Å². The van der Waals surface area contributed by atoms with Crippen LogP contribution in [0.5, 0.6) is 5.75 Å². The fourth-order valence-corrected chi connectivity index (χ4v) is 2.81. The molecule has 0 aromatic heterocycles. The number of anilines is 1.